The summed E-state index contributed by atoms with van der Waals surface area (Å²) in [4.78, 5) is 5.60. The van der Waals surface area contributed by atoms with Gasteiger partial charge in [-0.15, -0.1) is 0 Å². The molecule has 2 heterocycles. The molecule has 4 rings (SSSR count). The maximum Gasteiger partial charge on any atom is 0.246 e. The lowest BCUT2D eigenvalue weighted by Crippen LogP contribution is -2.48. The quantitative estimate of drug-likeness (QED) is 0.557. The minimum Gasteiger partial charge on any atom is -0.420 e. The van der Waals surface area contributed by atoms with Crippen LogP contribution in [0.3, 0.4) is 0 Å². The number of oxazole rings is 1. The molecule has 0 N–H and O–H groups in total. The van der Waals surface area contributed by atoms with Gasteiger partial charge in [-0.1, -0.05) is 41.9 Å². The van der Waals surface area contributed by atoms with Crippen LogP contribution in [0.4, 0.5) is 10.3 Å². The summed E-state index contributed by atoms with van der Waals surface area (Å²) in [5, 5.41) is 10.0. The first-order valence-electron chi connectivity index (χ1n) is 9.73. The van der Waals surface area contributed by atoms with E-state index in [1.165, 1.54) is 22.5 Å². The van der Waals surface area contributed by atoms with E-state index in [0.29, 0.717) is 5.02 Å². The fourth-order valence-electron chi connectivity index (χ4n) is 3.38. The van der Waals surface area contributed by atoms with Crippen molar-refractivity contribution < 1.29 is 17.2 Å². The van der Waals surface area contributed by atoms with Crippen molar-refractivity contribution in [1.82, 2.24) is 9.29 Å². The minimum absolute atomic E-state index is 0.106. The summed E-state index contributed by atoms with van der Waals surface area (Å²) in [6, 6.07) is 14.6. The number of piperazine rings is 1. The van der Waals surface area contributed by atoms with Crippen molar-refractivity contribution in [2.24, 2.45) is 0 Å². The fourth-order valence-corrected chi connectivity index (χ4v) is 5.07. The molecule has 0 atom stereocenters. The molecule has 10 heteroatoms. The Balaban J connectivity index is 1.50. The van der Waals surface area contributed by atoms with E-state index in [-0.39, 0.29) is 48.5 Å². The van der Waals surface area contributed by atoms with E-state index in [9.17, 15) is 18.1 Å². The maximum atomic E-state index is 14.0. The Morgan fingerprint density at radius 2 is 1.75 bits per heavy atom. The highest BCUT2D eigenvalue weighted by Gasteiger charge is 2.32. The number of hydrogen-bond acceptors (Lipinski definition) is 6. The Labute approximate surface area is 190 Å². The molecule has 3 aromatic rings. The van der Waals surface area contributed by atoms with Gasteiger partial charge in [-0.25, -0.2) is 12.8 Å². The molecule has 7 nitrogen and oxygen atoms in total. The molecule has 164 valence electrons. The number of anilines is 1. The summed E-state index contributed by atoms with van der Waals surface area (Å²) in [7, 11) is -3.96. The van der Waals surface area contributed by atoms with Gasteiger partial charge in [0, 0.05) is 37.3 Å². The van der Waals surface area contributed by atoms with Crippen molar-refractivity contribution in [3.63, 3.8) is 0 Å². The van der Waals surface area contributed by atoms with Crippen LogP contribution in [-0.4, -0.2) is 43.9 Å². The first kappa shape index (κ1) is 22.0. The summed E-state index contributed by atoms with van der Waals surface area (Å²) in [6.07, 6.45) is 3.35. The van der Waals surface area contributed by atoms with Crippen LogP contribution >= 0.6 is 11.6 Å². The molecule has 1 aromatic heterocycles. The van der Waals surface area contributed by atoms with Gasteiger partial charge in [0.05, 0.1) is 0 Å². The van der Waals surface area contributed by atoms with Crippen molar-refractivity contribution >= 4 is 39.7 Å². The molecular weight excluding hydrogens is 455 g/mol. The molecule has 1 aliphatic heterocycles. The van der Waals surface area contributed by atoms with Crippen LogP contribution in [0.5, 0.6) is 0 Å². The highest BCUT2D eigenvalue weighted by Crippen LogP contribution is 2.27. The molecule has 0 saturated carbocycles. The summed E-state index contributed by atoms with van der Waals surface area (Å²) >= 11 is 6.14. The van der Waals surface area contributed by atoms with Crippen LogP contribution in [0.15, 0.2) is 57.8 Å². The molecule has 0 spiro atoms. The second kappa shape index (κ2) is 9.12. The molecule has 0 aliphatic carbocycles. The third kappa shape index (κ3) is 4.39. The number of sulfonamides is 1. The van der Waals surface area contributed by atoms with Crippen LogP contribution in [0.25, 0.3) is 12.2 Å². The average Bonchev–Trinajstić information content (AvgIpc) is 3.22. The average molecular weight is 473 g/mol. The summed E-state index contributed by atoms with van der Waals surface area (Å²) in [6.45, 7) is 0.774. The third-order valence-electron chi connectivity index (χ3n) is 5.02. The van der Waals surface area contributed by atoms with Crippen LogP contribution in [-0.2, 0) is 10.0 Å². The van der Waals surface area contributed by atoms with Gasteiger partial charge in [0.15, 0.2) is 0 Å². The Hall–Kier alpha value is -3.19. The summed E-state index contributed by atoms with van der Waals surface area (Å²) in [5.41, 5.74) is 0.883. The van der Waals surface area contributed by atoms with Crippen LogP contribution in [0, 0.1) is 17.1 Å². The minimum atomic E-state index is -3.96. The highest BCUT2D eigenvalue weighted by atomic mass is 35.5. The lowest BCUT2D eigenvalue weighted by Gasteiger charge is -2.33. The zero-order valence-electron chi connectivity index (χ0n) is 16.8. The van der Waals surface area contributed by atoms with Crippen molar-refractivity contribution in [1.29, 1.82) is 5.26 Å². The molecule has 0 radical (unpaired) electrons. The largest absolute Gasteiger partial charge is 0.420 e. The van der Waals surface area contributed by atoms with Crippen LogP contribution in [0.1, 0.15) is 17.1 Å². The second-order valence-electron chi connectivity index (χ2n) is 6.99. The lowest BCUT2D eigenvalue weighted by molar-refractivity contribution is 0.371. The maximum absolute atomic E-state index is 14.0. The second-order valence-corrected chi connectivity index (χ2v) is 9.31. The number of nitriles is 1. The van der Waals surface area contributed by atoms with E-state index < -0.39 is 15.8 Å². The van der Waals surface area contributed by atoms with Gasteiger partial charge in [0.25, 0.3) is 0 Å². The molecule has 1 aliphatic rings. The molecule has 32 heavy (non-hydrogen) atoms. The lowest BCUT2D eigenvalue weighted by atomic mass is 10.2. The first-order valence-corrected chi connectivity index (χ1v) is 11.5. The Morgan fingerprint density at radius 3 is 2.44 bits per heavy atom. The van der Waals surface area contributed by atoms with E-state index in [1.54, 1.807) is 23.1 Å². The summed E-state index contributed by atoms with van der Waals surface area (Å²) < 4.78 is 46.6. The van der Waals surface area contributed by atoms with Gasteiger partial charge in [0.2, 0.25) is 27.5 Å². The molecule has 0 bridgehead atoms. The van der Waals surface area contributed by atoms with Crippen LogP contribution < -0.4 is 4.90 Å². The number of aromatic nitrogens is 1. The molecular formula is C22H18ClFN4O3S. The highest BCUT2D eigenvalue weighted by molar-refractivity contribution is 7.89. The Morgan fingerprint density at radius 1 is 1.06 bits per heavy atom. The zero-order chi connectivity index (χ0) is 22.7. The standard InChI is InChI=1S/C22H18ClFN4O3S/c23-17-6-2-1-5-16(17)9-10-21-26-19(15-25)22(31-21)27-11-13-28(14-12-27)32(29,30)20-8-4-3-7-18(20)24/h1-10H,11-14H2/b10-9+. The number of hydrogen-bond donors (Lipinski definition) is 0. The van der Waals surface area contributed by atoms with Gasteiger partial charge < -0.3 is 9.32 Å². The number of rotatable bonds is 5. The molecule has 1 fully saturated rings. The zero-order valence-corrected chi connectivity index (χ0v) is 18.4. The molecule has 0 unspecified atom stereocenters. The van der Waals surface area contributed by atoms with Crippen molar-refractivity contribution in [3.8, 4) is 6.07 Å². The van der Waals surface area contributed by atoms with E-state index in [4.69, 9.17) is 16.0 Å². The number of benzene rings is 2. The molecule has 0 amide bonds. The fraction of sp³-hybridized carbons (Fsp3) is 0.182. The van der Waals surface area contributed by atoms with Gasteiger partial charge in [-0.05, 0) is 29.8 Å². The Kier molecular flexibility index (Phi) is 6.28. The van der Waals surface area contributed by atoms with Crippen LogP contribution in [0.2, 0.25) is 5.02 Å². The van der Waals surface area contributed by atoms with Crippen molar-refractivity contribution in [2.75, 3.05) is 31.1 Å². The topological polar surface area (TPSA) is 90.4 Å². The van der Waals surface area contributed by atoms with E-state index >= 15 is 0 Å². The molecule has 2 aromatic carbocycles. The van der Waals surface area contributed by atoms with E-state index in [1.807, 2.05) is 24.3 Å². The number of halogens is 2. The van der Waals surface area contributed by atoms with E-state index in [2.05, 4.69) is 4.98 Å². The SMILES string of the molecule is N#Cc1nc(/C=C/c2ccccc2Cl)oc1N1CCN(S(=O)(=O)c2ccccc2F)CC1. The van der Waals surface area contributed by atoms with Gasteiger partial charge in [-0.2, -0.15) is 14.6 Å². The van der Waals surface area contributed by atoms with E-state index in [0.717, 1.165) is 11.6 Å². The van der Waals surface area contributed by atoms with Crippen molar-refractivity contribution in [2.45, 2.75) is 4.90 Å². The van der Waals surface area contributed by atoms with Crippen molar-refractivity contribution in [3.05, 3.63) is 76.5 Å². The van der Waals surface area contributed by atoms with Gasteiger partial charge >= 0.3 is 0 Å². The first-order chi connectivity index (χ1) is 15.4. The monoisotopic (exact) mass is 472 g/mol. The van der Waals surface area contributed by atoms with Gasteiger partial charge in [-0.3, -0.25) is 0 Å². The Bertz CT molecular complexity index is 1310. The third-order valence-corrected chi connectivity index (χ3v) is 7.30. The predicted molar refractivity (Wildman–Crippen MR) is 119 cm³/mol. The number of nitrogens with zero attached hydrogens (tertiary/aromatic N) is 4. The summed E-state index contributed by atoms with van der Waals surface area (Å²) in [5.74, 6) is -0.279. The predicted octanol–water partition coefficient (Wildman–Crippen LogP) is 4.02. The van der Waals surface area contributed by atoms with Gasteiger partial charge in [0.1, 0.15) is 16.8 Å². The normalized spacial score (nSPS) is 15.2. The molecule has 1 saturated heterocycles. The smallest absolute Gasteiger partial charge is 0.246 e.